The highest BCUT2D eigenvalue weighted by Gasteiger charge is 2.31. The summed E-state index contributed by atoms with van der Waals surface area (Å²) in [4.78, 5) is 12.4. The van der Waals surface area contributed by atoms with E-state index in [2.05, 4.69) is 5.32 Å². The van der Waals surface area contributed by atoms with Crippen molar-refractivity contribution in [1.29, 1.82) is 0 Å². The molecule has 0 spiro atoms. The summed E-state index contributed by atoms with van der Waals surface area (Å²) in [6.45, 7) is 1.71. The minimum absolute atomic E-state index is 0.0517. The van der Waals surface area contributed by atoms with Crippen LogP contribution in [0.4, 0.5) is 13.2 Å². The molecule has 0 bridgehead atoms. The molecular weight excluding hydrogens is 395 g/mol. The molecule has 0 aliphatic rings. The first-order chi connectivity index (χ1) is 13.2. The van der Waals surface area contributed by atoms with Crippen LogP contribution in [0, 0.1) is 0 Å². The molecule has 1 N–H and O–H groups in total. The van der Waals surface area contributed by atoms with Crippen LogP contribution in [0.1, 0.15) is 28.9 Å². The van der Waals surface area contributed by atoms with Crippen LogP contribution < -0.4 is 19.5 Å². The van der Waals surface area contributed by atoms with Gasteiger partial charge >= 0.3 is 5.51 Å². The summed E-state index contributed by atoms with van der Waals surface area (Å²) in [5, 5.41) is 2.71. The minimum atomic E-state index is -4.49. The van der Waals surface area contributed by atoms with Crippen LogP contribution in [-0.2, 0) is 0 Å². The Kier molecular flexibility index (Phi) is 7.06. The van der Waals surface area contributed by atoms with E-state index >= 15 is 0 Å². The van der Waals surface area contributed by atoms with Gasteiger partial charge < -0.3 is 19.5 Å². The second-order valence-corrected chi connectivity index (χ2v) is 6.80. The van der Waals surface area contributed by atoms with Crippen molar-refractivity contribution in [3.05, 3.63) is 47.5 Å². The average molecular weight is 415 g/mol. The zero-order valence-corrected chi connectivity index (χ0v) is 16.5. The molecule has 28 heavy (non-hydrogen) atoms. The SMILES string of the molecule is COc1cc(C(C)NC(=O)c2ccccc2SC(F)(F)F)cc(OC)c1OC. The van der Waals surface area contributed by atoms with Gasteiger partial charge in [0.05, 0.1) is 32.9 Å². The highest BCUT2D eigenvalue weighted by Crippen LogP contribution is 2.40. The smallest absolute Gasteiger partial charge is 0.446 e. The van der Waals surface area contributed by atoms with E-state index in [1.54, 1.807) is 19.1 Å². The van der Waals surface area contributed by atoms with E-state index in [1.165, 1.54) is 45.6 Å². The van der Waals surface area contributed by atoms with E-state index in [-0.39, 0.29) is 22.2 Å². The van der Waals surface area contributed by atoms with Crippen molar-refractivity contribution in [3.8, 4) is 17.2 Å². The Hall–Kier alpha value is -2.55. The maximum Gasteiger partial charge on any atom is 0.446 e. The number of rotatable bonds is 7. The number of carbonyl (C=O) groups excluding carboxylic acids is 1. The van der Waals surface area contributed by atoms with Gasteiger partial charge in [-0.05, 0) is 48.5 Å². The van der Waals surface area contributed by atoms with Gasteiger partial charge in [0.1, 0.15) is 0 Å². The molecule has 0 radical (unpaired) electrons. The van der Waals surface area contributed by atoms with Crippen LogP contribution in [0.25, 0.3) is 0 Å². The van der Waals surface area contributed by atoms with Crippen molar-refractivity contribution in [3.63, 3.8) is 0 Å². The first-order valence-electron chi connectivity index (χ1n) is 8.15. The fourth-order valence-electron chi connectivity index (χ4n) is 2.58. The van der Waals surface area contributed by atoms with E-state index in [0.717, 1.165) is 0 Å². The van der Waals surface area contributed by atoms with Gasteiger partial charge in [0.25, 0.3) is 5.91 Å². The van der Waals surface area contributed by atoms with Crippen LogP contribution in [0.15, 0.2) is 41.3 Å². The molecule has 2 aromatic rings. The van der Waals surface area contributed by atoms with E-state index in [0.29, 0.717) is 22.8 Å². The number of nitrogens with one attached hydrogen (secondary N) is 1. The monoisotopic (exact) mass is 415 g/mol. The van der Waals surface area contributed by atoms with E-state index in [4.69, 9.17) is 14.2 Å². The Morgan fingerprint density at radius 2 is 1.61 bits per heavy atom. The van der Waals surface area contributed by atoms with E-state index in [9.17, 15) is 18.0 Å². The molecule has 2 rings (SSSR count). The lowest BCUT2D eigenvalue weighted by Gasteiger charge is -2.19. The quantitative estimate of drug-likeness (QED) is 0.658. The highest BCUT2D eigenvalue weighted by molar-refractivity contribution is 8.00. The lowest BCUT2D eigenvalue weighted by molar-refractivity contribution is -0.0328. The number of alkyl halides is 3. The van der Waals surface area contributed by atoms with Crippen molar-refractivity contribution in [2.45, 2.75) is 23.4 Å². The molecule has 9 heteroatoms. The zero-order valence-electron chi connectivity index (χ0n) is 15.7. The third-order valence-electron chi connectivity index (χ3n) is 3.89. The van der Waals surface area contributed by atoms with E-state index < -0.39 is 17.5 Å². The lowest BCUT2D eigenvalue weighted by Crippen LogP contribution is -2.27. The second kappa shape index (κ2) is 9.09. The van der Waals surface area contributed by atoms with Gasteiger partial charge in [-0.25, -0.2) is 0 Å². The largest absolute Gasteiger partial charge is 0.493 e. The number of benzene rings is 2. The number of hydrogen-bond acceptors (Lipinski definition) is 5. The summed E-state index contributed by atoms with van der Waals surface area (Å²) in [5.74, 6) is 0.602. The molecular formula is C19H20F3NO4S. The molecule has 1 amide bonds. The molecule has 0 heterocycles. The first kappa shape index (κ1) is 21.7. The van der Waals surface area contributed by atoms with Crippen LogP contribution in [0.2, 0.25) is 0 Å². The van der Waals surface area contributed by atoms with Crippen molar-refractivity contribution in [2.24, 2.45) is 0 Å². The molecule has 0 aromatic heterocycles. The third kappa shape index (κ3) is 5.25. The molecule has 0 saturated heterocycles. The van der Waals surface area contributed by atoms with Crippen molar-refractivity contribution < 1.29 is 32.2 Å². The van der Waals surface area contributed by atoms with Crippen LogP contribution >= 0.6 is 11.8 Å². The second-order valence-electron chi connectivity index (χ2n) is 5.70. The molecule has 0 aliphatic heterocycles. The number of carbonyl (C=O) groups is 1. The average Bonchev–Trinajstić information content (AvgIpc) is 2.65. The summed E-state index contributed by atoms with van der Waals surface area (Å²) in [7, 11) is 4.41. The van der Waals surface area contributed by atoms with Gasteiger partial charge in [-0.1, -0.05) is 12.1 Å². The molecule has 1 unspecified atom stereocenters. The summed E-state index contributed by atoms with van der Waals surface area (Å²) < 4.78 is 54.1. The number of methoxy groups -OCH3 is 3. The normalized spacial score (nSPS) is 12.2. The number of thioether (sulfide) groups is 1. The Labute approximate surface area is 165 Å². The number of ether oxygens (including phenoxy) is 3. The topological polar surface area (TPSA) is 56.8 Å². The molecule has 152 valence electrons. The van der Waals surface area contributed by atoms with Crippen molar-refractivity contribution in [2.75, 3.05) is 21.3 Å². The maximum absolute atomic E-state index is 12.7. The number of hydrogen-bond donors (Lipinski definition) is 1. The van der Waals surface area contributed by atoms with Gasteiger partial charge in [0.15, 0.2) is 11.5 Å². The van der Waals surface area contributed by atoms with E-state index in [1.807, 2.05) is 0 Å². The Bertz CT molecular complexity index is 817. The first-order valence-corrected chi connectivity index (χ1v) is 8.97. The van der Waals surface area contributed by atoms with Crippen molar-refractivity contribution in [1.82, 2.24) is 5.32 Å². The summed E-state index contributed by atoms with van der Waals surface area (Å²) in [6.07, 6.45) is 0. The fourth-order valence-corrected chi connectivity index (χ4v) is 3.24. The molecule has 0 saturated carbocycles. The zero-order chi connectivity index (χ0) is 20.9. The highest BCUT2D eigenvalue weighted by atomic mass is 32.2. The summed E-state index contributed by atoms with van der Waals surface area (Å²) >= 11 is -0.322. The Morgan fingerprint density at radius 1 is 1.04 bits per heavy atom. The molecule has 0 fully saturated rings. The number of halogens is 3. The molecule has 1 atom stereocenters. The van der Waals surface area contributed by atoms with Crippen LogP contribution in [0.3, 0.4) is 0 Å². The summed E-state index contributed by atoms with van der Waals surface area (Å²) in [5.41, 5.74) is -3.90. The van der Waals surface area contributed by atoms with Crippen LogP contribution in [-0.4, -0.2) is 32.7 Å². The fraction of sp³-hybridized carbons (Fsp3) is 0.316. The predicted octanol–water partition coefficient (Wildman–Crippen LogP) is 4.82. The molecule has 0 aliphatic carbocycles. The molecule has 2 aromatic carbocycles. The standard InChI is InChI=1S/C19H20F3NO4S/c1-11(12-9-14(25-2)17(27-4)15(10-12)26-3)23-18(24)13-7-5-6-8-16(13)28-19(20,21)22/h5-11H,1-4H3,(H,23,24). The van der Waals surface area contributed by atoms with Gasteiger partial charge in [-0.2, -0.15) is 13.2 Å². The Morgan fingerprint density at radius 3 is 2.11 bits per heavy atom. The summed E-state index contributed by atoms with van der Waals surface area (Å²) in [6, 6.07) is 8.39. The molecule has 5 nitrogen and oxygen atoms in total. The van der Waals surface area contributed by atoms with Gasteiger partial charge in [0, 0.05) is 4.90 Å². The Balaban J connectivity index is 2.29. The third-order valence-corrected chi connectivity index (χ3v) is 4.70. The predicted molar refractivity (Wildman–Crippen MR) is 100 cm³/mol. The van der Waals surface area contributed by atoms with Gasteiger partial charge in [-0.15, -0.1) is 0 Å². The van der Waals surface area contributed by atoms with Crippen LogP contribution in [0.5, 0.6) is 17.2 Å². The van der Waals surface area contributed by atoms with Gasteiger partial charge in [0.2, 0.25) is 5.75 Å². The van der Waals surface area contributed by atoms with Crippen molar-refractivity contribution >= 4 is 17.7 Å². The van der Waals surface area contributed by atoms with Gasteiger partial charge in [-0.3, -0.25) is 4.79 Å². The maximum atomic E-state index is 12.7. The minimum Gasteiger partial charge on any atom is -0.493 e. The lowest BCUT2D eigenvalue weighted by atomic mass is 10.1. The number of amides is 1.